The third-order valence-corrected chi connectivity index (χ3v) is 7.77. The number of ether oxygens (including phenoxy) is 1. The molecule has 0 amide bonds. The van der Waals surface area contributed by atoms with Crippen molar-refractivity contribution in [2.75, 3.05) is 6.54 Å². The Morgan fingerprint density at radius 1 is 0.970 bits per heavy atom. The number of hydrogen-bond acceptors (Lipinski definition) is 3. The molecule has 1 aliphatic carbocycles. The summed E-state index contributed by atoms with van der Waals surface area (Å²) < 4.78 is 6.04. The van der Waals surface area contributed by atoms with Gasteiger partial charge in [-0.1, -0.05) is 80.3 Å². The van der Waals surface area contributed by atoms with Gasteiger partial charge in [-0.15, -0.1) is 0 Å². The zero-order valence-corrected chi connectivity index (χ0v) is 17.8. The fraction of sp³-hybridized carbons (Fsp3) is 0.300. The molecule has 0 N–H and O–H groups in total. The second-order valence-corrected chi connectivity index (χ2v) is 9.41. The summed E-state index contributed by atoms with van der Waals surface area (Å²) >= 11 is 0. The number of hydrogen-bond donors (Lipinski definition) is 0. The number of benzene rings is 3. The van der Waals surface area contributed by atoms with Crippen molar-refractivity contribution >= 4 is 27.5 Å². The molecule has 3 heteroatoms. The van der Waals surface area contributed by atoms with Gasteiger partial charge in [0.15, 0.2) is 5.60 Å². The first-order valence-corrected chi connectivity index (χ1v) is 11.6. The predicted octanol–water partition coefficient (Wildman–Crippen LogP) is 5.77. The van der Waals surface area contributed by atoms with Crippen molar-refractivity contribution in [2.45, 2.75) is 50.8 Å². The molecule has 3 nitrogen and oxygen atoms in total. The summed E-state index contributed by atoms with van der Waals surface area (Å²) in [4.78, 5) is 15.0. The van der Waals surface area contributed by atoms with Crippen molar-refractivity contribution < 1.29 is 9.53 Å². The molecule has 0 unspecified atom stereocenters. The zero-order valence-electron chi connectivity index (χ0n) is 17.8. The lowest BCUT2D eigenvalue weighted by molar-refractivity contribution is -0.148. The van der Waals surface area contributed by atoms with Crippen LogP contribution in [0.3, 0.4) is 0 Å². The fourth-order valence-corrected chi connectivity index (χ4v) is 6.46. The fourth-order valence-electron chi connectivity index (χ4n) is 6.46. The average Bonchev–Trinajstić information content (AvgIpc) is 3.31. The molecule has 3 aromatic carbocycles. The zero-order chi connectivity index (χ0) is 21.3. The van der Waals surface area contributed by atoms with E-state index < -0.39 is 5.60 Å². The minimum atomic E-state index is -0.494. The first-order valence-electron chi connectivity index (χ1n) is 11.6. The highest BCUT2D eigenvalue weighted by atomic mass is 16.6. The molecule has 7 rings (SSSR count). The molecule has 164 valence electrons. The van der Waals surface area contributed by atoms with Crippen molar-refractivity contribution in [1.82, 2.24) is 4.90 Å². The third-order valence-electron chi connectivity index (χ3n) is 7.77. The first-order chi connectivity index (χ1) is 15.7. The topological polar surface area (TPSA) is 29.5 Å². The number of esters is 1. The molecule has 33 heavy (non-hydrogen) atoms. The van der Waals surface area contributed by atoms with Gasteiger partial charge in [-0.2, -0.15) is 0 Å². The van der Waals surface area contributed by atoms with Crippen LogP contribution in [0.2, 0.25) is 0 Å². The number of piperidine rings is 1. The molecule has 1 spiro atoms. The lowest BCUT2D eigenvalue weighted by Crippen LogP contribution is -2.48. The van der Waals surface area contributed by atoms with Gasteiger partial charge in [0.1, 0.15) is 0 Å². The lowest BCUT2D eigenvalue weighted by atomic mass is 9.77. The highest BCUT2D eigenvalue weighted by molar-refractivity contribution is 6.10. The smallest absolute Gasteiger partial charge is 0.332 e. The van der Waals surface area contributed by atoms with E-state index in [0.717, 1.165) is 41.5 Å². The van der Waals surface area contributed by atoms with Crippen LogP contribution in [0.1, 0.15) is 38.7 Å². The molecule has 3 aromatic rings. The molecular weight excluding hydrogens is 406 g/mol. The Hall–Kier alpha value is -3.35. The molecule has 0 saturated carbocycles. The van der Waals surface area contributed by atoms with Crippen molar-refractivity contribution in [3.05, 3.63) is 83.5 Å². The number of carbonyl (C=O) groups is 1. The summed E-state index contributed by atoms with van der Waals surface area (Å²) in [5, 5.41) is 4.83. The van der Waals surface area contributed by atoms with E-state index in [-0.39, 0.29) is 19.4 Å². The van der Waals surface area contributed by atoms with Gasteiger partial charge in [0.2, 0.25) is 0 Å². The van der Waals surface area contributed by atoms with Gasteiger partial charge in [-0.3, -0.25) is 4.90 Å². The molecular formula is C30H27NO2. The van der Waals surface area contributed by atoms with Gasteiger partial charge in [-0.05, 0) is 47.0 Å². The first kappa shape index (κ1) is 20.3. The Kier molecular flexibility index (Phi) is 4.50. The van der Waals surface area contributed by atoms with Gasteiger partial charge in [0, 0.05) is 35.2 Å². The highest BCUT2D eigenvalue weighted by Gasteiger charge is 2.61. The van der Waals surface area contributed by atoms with E-state index in [2.05, 4.69) is 77.4 Å². The van der Waals surface area contributed by atoms with Crippen molar-refractivity contribution in [3.8, 4) is 11.8 Å². The summed E-state index contributed by atoms with van der Waals surface area (Å²) in [6, 6.07) is 19.7. The summed E-state index contributed by atoms with van der Waals surface area (Å²) in [6.07, 6.45) is 8.36. The third kappa shape index (κ3) is 2.84. The SMILES string of the molecule is C.O=C1C=C2C(C#Cc3cc4ccccc4c4ccccc34)=C[C@@H]3C[C@@]2(O1)[C@H]1CCCCN31. The Morgan fingerprint density at radius 2 is 1.76 bits per heavy atom. The Labute approximate surface area is 194 Å². The molecule has 3 atom stereocenters. The van der Waals surface area contributed by atoms with Gasteiger partial charge in [-0.25, -0.2) is 4.79 Å². The quantitative estimate of drug-likeness (QED) is 0.256. The molecule has 0 radical (unpaired) electrons. The summed E-state index contributed by atoms with van der Waals surface area (Å²) in [5.41, 5.74) is 2.51. The normalized spacial score (nSPS) is 27.6. The largest absolute Gasteiger partial charge is 0.449 e. The van der Waals surface area contributed by atoms with Crippen molar-refractivity contribution in [2.24, 2.45) is 0 Å². The summed E-state index contributed by atoms with van der Waals surface area (Å²) in [7, 11) is 0. The lowest BCUT2D eigenvalue weighted by Gasteiger charge is -2.38. The van der Waals surface area contributed by atoms with Crippen LogP contribution in [0, 0.1) is 11.8 Å². The number of rotatable bonds is 0. The standard InChI is InChI=1S/C29H23NO2.CH4/c31-28-17-26-21(16-22-18-29(26,32-28)27-11-5-6-14-30(22)27)13-12-20-15-19-7-1-2-8-23(19)25-10-4-3-9-24(20)25;/h1-4,7-10,15-17,22,27H,5-6,11,14,18H2;1H4/t22-,27-,29+;/m1./s1. The number of carbonyl (C=O) groups excluding carboxylic acids is 1. The van der Waals surface area contributed by atoms with Crippen LogP contribution in [0.5, 0.6) is 0 Å². The second-order valence-electron chi connectivity index (χ2n) is 9.41. The molecule has 2 fully saturated rings. The van der Waals surface area contributed by atoms with Crippen LogP contribution in [-0.4, -0.2) is 35.1 Å². The number of fused-ring (bicyclic) bond motifs is 6. The van der Waals surface area contributed by atoms with Gasteiger partial charge in [0.25, 0.3) is 0 Å². The van der Waals surface area contributed by atoms with Crippen LogP contribution >= 0.6 is 0 Å². The Balaban J connectivity index is 0.00000206. The Bertz CT molecular complexity index is 1440. The average molecular weight is 434 g/mol. The summed E-state index contributed by atoms with van der Waals surface area (Å²) in [5.74, 6) is 6.74. The predicted molar refractivity (Wildman–Crippen MR) is 133 cm³/mol. The van der Waals surface area contributed by atoms with Crippen LogP contribution in [0.15, 0.2) is 77.9 Å². The van der Waals surface area contributed by atoms with Crippen molar-refractivity contribution in [3.63, 3.8) is 0 Å². The van der Waals surface area contributed by atoms with Gasteiger partial charge < -0.3 is 4.74 Å². The van der Waals surface area contributed by atoms with Crippen molar-refractivity contribution in [1.29, 1.82) is 0 Å². The number of nitrogens with zero attached hydrogens (tertiary/aromatic N) is 1. The maximum absolute atomic E-state index is 12.4. The van der Waals surface area contributed by atoms with E-state index in [1.807, 2.05) is 0 Å². The van der Waals surface area contributed by atoms with Crippen LogP contribution in [0.4, 0.5) is 0 Å². The highest BCUT2D eigenvalue weighted by Crippen LogP contribution is 2.53. The maximum atomic E-state index is 12.4. The molecule has 4 aliphatic rings. The molecule has 2 saturated heterocycles. The summed E-state index contributed by atoms with van der Waals surface area (Å²) in [6.45, 7) is 1.08. The molecule has 3 heterocycles. The van der Waals surface area contributed by atoms with Crippen LogP contribution < -0.4 is 0 Å². The van der Waals surface area contributed by atoms with E-state index in [4.69, 9.17) is 4.74 Å². The van der Waals surface area contributed by atoms with E-state index in [1.165, 1.54) is 29.0 Å². The maximum Gasteiger partial charge on any atom is 0.332 e. The van der Waals surface area contributed by atoms with Crippen LogP contribution in [0.25, 0.3) is 21.5 Å². The molecule has 3 aliphatic heterocycles. The van der Waals surface area contributed by atoms with E-state index in [1.54, 1.807) is 6.08 Å². The van der Waals surface area contributed by atoms with E-state index >= 15 is 0 Å². The van der Waals surface area contributed by atoms with Crippen LogP contribution in [-0.2, 0) is 9.53 Å². The molecule has 2 bridgehead atoms. The monoisotopic (exact) mass is 433 g/mol. The minimum absolute atomic E-state index is 0. The van der Waals surface area contributed by atoms with E-state index in [0.29, 0.717) is 6.04 Å². The van der Waals surface area contributed by atoms with E-state index in [9.17, 15) is 4.79 Å². The van der Waals surface area contributed by atoms with Gasteiger partial charge in [0.05, 0.1) is 6.04 Å². The minimum Gasteiger partial charge on any atom is -0.449 e. The second kappa shape index (κ2) is 7.33. The van der Waals surface area contributed by atoms with Gasteiger partial charge >= 0.3 is 5.97 Å². The molecule has 0 aromatic heterocycles. The Morgan fingerprint density at radius 3 is 2.64 bits per heavy atom.